The molecule has 2 aromatic heterocycles. The Morgan fingerprint density at radius 3 is 2.65 bits per heavy atom. The van der Waals surface area contributed by atoms with Gasteiger partial charge in [0.1, 0.15) is 5.82 Å². The highest BCUT2D eigenvalue weighted by molar-refractivity contribution is 5.40. The molecule has 1 aromatic carbocycles. The van der Waals surface area contributed by atoms with E-state index in [0.717, 1.165) is 12.1 Å². The molecule has 0 bridgehead atoms. The highest BCUT2D eigenvalue weighted by Crippen LogP contribution is 2.12. The van der Waals surface area contributed by atoms with Gasteiger partial charge in [-0.05, 0) is 12.1 Å². The standard InChI is InChI=1S/C13H10F2N4O/c1-2-11-16-17-12-13(20)18(5-6-19(11)12)8-3-4-9(14)10(15)7-8/h3-7H,2H2,1H3. The van der Waals surface area contributed by atoms with E-state index in [9.17, 15) is 13.6 Å². The Morgan fingerprint density at radius 1 is 1.15 bits per heavy atom. The van der Waals surface area contributed by atoms with Gasteiger partial charge in [-0.1, -0.05) is 6.92 Å². The van der Waals surface area contributed by atoms with Crippen molar-refractivity contribution in [3.63, 3.8) is 0 Å². The monoisotopic (exact) mass is 276 g/mol. The van der Waals surface area contributed by atoms with Crippen LogP contribution in [0.15, 0.2) is 35.4 Å². The smallest absolute Gasteiger partial charge is 0.280 e. The minimum absolute atomic E-state index is 0.147. The number of nitrogens with zero attached hydrogens (tertiary/aromatic N) is 4. The third-order valence-corrected chi connectivity index (χ3v) is 3.04. The fourth-order valence-corrected chi connectivity index (χ4v) is 2.01. The summed E-state index contributed by atoms with van der Waals surface area (Å²) >= 11 is 0. The van der Waals surface area contributed by atoms with E-state index in [4.69, 9.17) is 0 Å². The van der Waals surface area contributed by atoms with E-state index >= 15 is 0 Å². The Hall–Kier alpha value is -2.57. The number of halogens is 2. The number of benzene rings is 1. The van der Waals surface area contributed by atoms with Crippen LogP contribution in [0.4, 0.5) is 8.78 Å². The maximum atomic E-state index is 13.2. The zero-order valence-electron chi connectivity index (χ0n) is 10.5. The molecule has 0 fully saturated rings. The molecule has 7 heteroatoms. The number of aryl methyl sites for hydroxylation is 1. The lowest BCUT2D eigenvalue weighted by Crippen LogP contribution is -2.20. The summed E-state index contributed by atoms with van der Waals surface area (Å²) in [6.45, 7) is 1.90. The van der Waals surface area contributed by atoms with Gasteiger partial charge in [-0.25, -0.2) is 8.78 Å². The molecular formula is C13H10F2N4O. The first-order chi connectivity index (χ1) is 9.61. The Bertz CT molecular complexity index is 853. The first-order valence-electron chi connectivity index (χ1n) is 6.02. The van der Waals surface area contributed by atoms with Crippen LogP contribution < -0.4 is 5.56 Å². The molecule has 0 unspecified atom stereocenters. The second kappa shape index (κ2) is 4.52. The zero-order valence-corrected chi connectivity index (χ0v) is 10.5. The fourth-order valence-electron chi connectivity index (χ4n) is 2.01. The second-order valence-corrected chi connectivity index (χ2v) is 4.24. The molecule has 0 saturated carbocycles. The predicted molar refractivity (Wildman–Crippen MR) is 67.9 cm³/mol. The van der Waals surface area contributed by atoms with E-state index in [0.29, 0.717) is 12.2 Å². The predicted octanol–water partition coefficient (Wildman–Crippen LogP) is 1.72. The van der Waals surface area contributed by atoms with Crippen molar-refractivity contribution in [3.8, 4) is 5.69 Å². The lowest BCUT2D eigenvalue weighted by atomic mass is 10.3. The van der Waals surface area contributed by atoms with Gasteiger partial charge in [0.2, 0.25) is 5.65 Å². The molecule has 0 N–H and O–H groups in total. The van der Waals surface area contributed by atoms with Crippen molar-refractivity contribution in [3.05, 3.63) is 58.4 Å². The molecule has 3 aromatic rings. The highest BCUT2D eigenvalue weighted by atomic mass is 19.2. The number of aromatic nitrogens is 4. The molecular weight excluding hydrogens is 266 g/mol. The summed E-state index contributed by atoms with van der Waals surface area (Å²) in [5, 5.41) is 7.73. The summed E-state index contributed by atoms with van der Waals surface area (Å²) in [5.74, 6) is -1.31. The van der Waals surface area contributed by atoms with E-state index in [2.05, 4.69) is 10.2 Å². The fraction of sp³-hybridized carbons (Fsp3) is 0.154. The van der Waals surface area contributed by atoms with Crippen molar-refractivity contribution in [2.24, 2.45) is 0 Å². The Labute approximate surface area is 112 Å². The first kappa shape index (κ1) is 12.5. The van der Waals surface area contributed by atoms with Crippen LogP contribution in [0.2, 0.25) is 0 Å². The van der Waals surface area contributed by atoms with Gasteiger partial charge in [0, 0.05) is 24.9 Å². The largest absolute Gasteiger partial charge is 0.300 e. The summed E-state index contributed by atoms with van der Waals surface area (Å²) in [6.07, 6.45) is 3.73. The average Bonchev–Trinajstić information content (AvgIpc) is 2.86. The van der Waals surface area contributed by atoms with Gasteiger partial charge in [-0.3, -0.25) is 13.8 Å². The number of rotatable bonds is 2. The summed E-state index contributed by atoms with van der Waals surface area (Å²) in [7, 11) is 0. The zero-order chi connectivity index (χ0) is 14.3. The minimum Gasteiger partial charge on any atom is -0.280 e. The Kier molecular flexibility index (Phi) is 2.81. The molecule has 0 atom stereocenters. The highest BCUT2D eigenvalue weighted by Gasteiger charge is 2.11. The van der Waals surface area contributed by atoms with Crippen molar-refractivity contribution in [1.29, 1.82) is 0 Å². The van der Waals surface area contributed by atoms with Crippen LogP contribution in [0.3, 0.4) is 0 Å². The van der Waals surface area contributed by atoms with E-state index in [1.165, 1.54) is 16.8 Å². The molecule has 2 heterocycles. The van der Waals surface area contributed by atoms with Crippen LogP contribution in [0.5, 0.6) is 0 Å². The first-order valence-corrected chi connectivity index (χ1v) is 6.02. The van der Waals surface area contributed by atoms with Crippen LogP contribution in [0.25, 0.3) is 11.3 Å². The molecule has 3 rings (SSSR count). The molecule has 5 nitrogen and oxygen atoms in total. The molecule has 0 aliphatic carbocycles. The molecule has 102 valence electrons. The Morgan fingerprint density at radius 2 is 1.95 bits per heavy atom. The van der Waals surface area contributed by atoms with Gasteiger partial charge in [0.25, 0.3) is 0 Å². The molecule has 0 spiro atoms. The molecule has 0 radical (unpaired) electrons. The van der Waals surface area contributed by atoms with Crippen LogP contribution in [-0.4, -0.2) is 19.2 Å². The third-order valence-electron chi connectivity index (χ3n) is 3.04. The average molecular weight is 276 g/mol. The molecule has 20 heavy (non-hydrogen) atoms. The summed E-state index contributed by atoms with van der Waals surface area (Å²) in [4.78, 5) is 12.3. The quantitative estimate of drug-likeness (QED) is 0.716. The van der Waals surface area contributed by atoms with Gasteiger partial charge in [0.05, 0.1) is 5.69 Å². The summed E-state index contributed by atoms with van der Waals surface area (Å²) in [6, 6.07) is 3.26. The lowest BCUT2D eigenvalue weighted by molar-refractivity contribution is 0.508. The normalized spacial score (nSPS) is 11.2. The van der Waals surface area contributed by atoms with Crippen molar-refractivity contribution in [2.45, 2.75) is 13.3 Å². The van der Waals surface area contributed by atoms with Crippen LogP contribution in [0, 0.1) is 11.6 Å². The van der Waals surface area contributed by atoms with Crippen LogP contribution in [0.1, 0.15) is 12.7 Å². The van der Waals surface area contributed by atoms with Crippen molar-refractivity contribution < 1.29 is 8.78 Å². The van der Waals surface area contributed by atoms with Crippen LogP contribution in [-0.2, 0) is 6.42 Å². The van der Waals surface area contributed by atoms with Crippen molar-refractivity contribution in [2.75, 3.05) is 0 Å². The van der Waals surface area contributed by atoms with Gasteiger partial charge in [-0.15, -0.1) is 10.2 Å². The lowest BCUT2D eigenvalue weighted by Gasteiger charge is -2.06. The van der Waals surface area contributed by atoms with E-state index in [-0.39, 0.29) is 11.3 Å². The number of fused-ring (bicyclic) bond motifs is 1. The third kappa shape index (κ3) is 1.78. The number of hydrogen-bond acceptors (Lipinski definition) is 3. The molecule has 0 saturated heterocycles. The van der Waals surface area contributed by atoms with Crippen LogP contribution >= 0.6 is 0 Å². The van der Waals surface area contributed by atoms with Gasteiger partial charge in [0.15, 0.2) is 11.6 Å². The maximum absolute atomic E-state index is 13.2. The second-order valence-electron chi connectivity index (χ2n) is 4.24. The topological polar surface area (TPSA) is 52.2 Å². The number of hydrogen-bond donors (Lipinski definition) is 0. The van der Waals surface area contributed by atoms with E-state index in [1.807, 2.05) is 6.92 Å². The summed E-state index contributed by atoms with van der Waals surface area (Å²) < 4.78 is 29.0. The molecule has 0 aliphatic heterocycles. The maximum Gasteiger partial charge on any atom is 0.300 e. The Balaban J connectivity index is 2.24. The van der Waals surface area contributed by atoms with Gasteiger partial charge < -0.3 is 0 Å². The SMILES string of the molecule is CCc1nnc2c(=O)n(-c3ccc(F)c(F)c3)ccn12. The molecule has 0 aliphatic rings. The molecule has 0 amide bonds. The van der Waals surface area contributed by atoms with Crippen molar-refractivity contribution in [1.82, 2.24) is 19.2 Å². The van der Waals surface area contributed by atoms with E-state index in [1.54, 1.807) is 10.6 Å². The minimum atomic E-state index is -1.01. The van der Waals surface area contributed by atoms with Gasteiger partial charge in [-0.2, -0.15) is 0 Å². The summed E-state index contributed by atoms with van der Waals surface area (Å²) in [5.41, 5.74) is -0.0581. The van der Waals surface area contributed by atoms with Gasteiger partial charge >= 0.3 is 5.56 Å². The van der Waals surface area contributed by atoms with E-state index < -0.39 is 17.2 Å². The van der Waals surface area contributed by atoms with Crippen molar-refractivity contribution >= 4 is 5.65 Å².